The molecule has 0 bridgehead atoms. The maximum absolute atomic E-state index is 12.2. The van der Waals surface area contributed by atoms with E-state index in [1.165, 1.54) is 0 Å². The minimum atomic E-state index is -0.0288. The Labute approximate surface area is 97.3 Å². The van der Waals surface area contributed by atoms with Crippen LogP contribution in [0, 0.1) is 5.41 Å². The Balaban J connectivity index is 1.89. The number of amides is 1. The molecule has 92 valence electrons. The molecule has 0 spiro atoms. The maximum atomic E-state index is 12.2. The summed E-state index contributed by atoms with van der Waals surface area (Å²) in [5.41, 5.74) is 0.287. The number of nitrogens with zero attached hydrogens (tertiary/aromatic N) is 1. The quantitative estimate of drug-likeness (QED) is 0.750. The fourth-order valence-corrected chi connectivity index (χ4v) is 2.59. The molecule has 2 atom stereocenters. The van der Waals surface area contributed by atoms with E-state index in [4.69, 9.17) is 4.74 Å². The Morgan fingerprint density at radius 3 is 2.75 bits per heavy atom. The van der Waals surface area contributed by atoms with Crippen molar-refractivity contribution < 1.29 is 9.53 Å². The van der Waals surface area contributed by atoms with Gasteiger partial charge in [0.2, 0.25) is 5.91 Å². The Morgan fingerprint density at radius 1 is 1.50 bits per heavy atom. The highest BCUT2D eigenvalue weighted by molar-refractivity contribution is 5.82. The Bertz CT molecular complexity index is 278. The largest absolute Gasteiger partial charge is 0.380 e. The molecule has 16 heavy (non-hydrogen) atoms. The van der Waals surface area contributed by atoms with Crippen LogP contribution in [0.5, 0.6) is 0 Å². The maximum Gasteiger partial charge on any atom is 0.239 e. The van der Waals surface area contributed by atoms with Crippen molar-refractivity contribution in [1.82, 2.24) is 10.2 Å². The fourth-order valence-electron chi connectivity index (χ4n) is 2.59. The van der Waals surface area contributed by atoms with Gasteiger partial charge in [0.1, 0.15) is 0 Å². The van der Waals surface area contributed by atoms with Gasteiger partial charge in [-0.3, -0.25) is 4.79 Å². The number of hydrogen-bond acceptors (Lipinski definition) is 3. The molecule has 2 aliphatic heterocycles. The lowest BCUT2D eigenvalue weighted by atomic mass is 9.93. The van der Waals surface area contributed by atoms with Gasteiger partial charge in [0.05, 0.1) is 12.1 Å². The van der Waals surface area contributed by atoms with Crippen LogP contribution in [0.1, 0.15) is 26.7 Å². The smallest absolute Gasteiger partial charge is 0.239 e. The predicted octanol–water partition coefficient (Wildman–Crippen LogP) is 0.622. The predicted molar refractivity (Wildman–Crippen MR) is 62.2 cm³/mol. The molecule has 0 radical (unpaired) electrons. The van der Waals surface area contributed by atoms with Crippen molar-refractivity contribution in [2.75, 3.05) is 26.7 Å². The number of carbonyl (C=O) groups is 1. The molecule has 0 aromatic heterocycles. The molecule has 1 amide bonds. The lowest BCUT2D eigenvalue weighted by Gasteiger charge is -2.22. The van der Waals surface area contributed by atoms with Crippen molar-refractivity contribution >= 4 is 5.91 Å². The number of hydrogen-bond donors (Lipinski definition) is 1. The number of likely N-dealkylation sites (tertiary alicyclic amines) is 1. The summed E-state index contributed by atoms with van der Waals surface area (Å²) in [6.45, 7) is 7.04. The first kappa shape index (κ1) is 11.9. The molecular weight excluding hydrogens is 204 g/mol. The minimum Gasteiger partial charge on any atom is -0.380 e. The lowest BCUT2D eigenvalue weighted by Crippen LogP contribution is -2.42. The summed E-state index contributed by atoms with van der Waals surface area (Å²) in [5.74, 6) is 0.255. The van der Waals surface area contributed by atoms with E-state index in [2.05, 4.69) is 19.2 Å². The second-order valence-corrected chi connectivity index (χ2v) is 5.73. The second-order valence-electron chi connectivity index (χ2n) is 5.73. The number of ether oxygens (including phenoxy) is 1. The molecule has 0 aromatic carbocycles. The summed E-state index contributed by atoms with van der Waals surface area (Å²) in [5, 5.41) is 3.25. The number of rotatable bonds is 2. The average Bonchev–Trinajstić information content (AvgIpc) is 2.83. The van der Waals surface area contributed by atoms with Crippen LogP contribution in [0.25, 0.3) is 0 Å². The highest BCUT2D eigenvalue weighted by atomic mass is 16.5. The average molecular weight is 226 g/mol. The third-order valence-electron chi connectivity index (χ3n) is 3.71. The van der Waals surface area contributed by atoms with Crippen LogP contribution in [-0.2, 0) is 9.53 Å². The van der Waals surface area contributed by atoms with Crippen LogP contribution >= 0.6 is 0 Å². The molecule has 0 aromatic rings. The zero-order chi connectivity index (χ0) is 11.8. The summed E-state index contributed by atoms with van der Waals surface area (Å²) in [6.07, 6.45) is 2.12. The molecule has 0 aliphatic carbocycles. The van der Waals surface area contributed by atoms with E-state index in [-0.39, 0.29) is 23.5 Å². The number of nitrogens with one attached hydrogen (secondary N) is 1. The van der Waals surface area contributed by atoms with E-state index in [0.29, 0.717) is 0 Å². The molecular formula is C12H22N2O2. The molecule has 4 nitrogen and oxygen atoms in total. The van der Waals surface area contributed by atoms with Crippen LogP contribution in [0.2, 0.25) is 0 Å². The molecule has 0 saturated carbocycles. The normalized spacial score (nSPS) is 33.3. The molecule has 1 N–H and O–H groups in total. The second kappa shape index (κ2) is 4.34. The van der Waals surface area contributed by atoms with Crippen LogP contribution in [0.15, 0.2) is 0 Å². The molecule has 4 heteroatoms. The van der Waals surface area contributed by atoms with Gasteiger partial charge in [-0.05, 0) is 18.3 Å². The first-order valence-corrected chi connectivity index (χ1v) is 6.07. The summed E-state index contributed by atoms with van der Waals surface area (Å²) < 4.78 is 5.26. The van der Waals surface area contributed by atoms with Crippen molar-refractivity contribution in [2.45, 2.75) is 38.8 Å². The lowest BCUT2D eigenvalue weighted by molar-refractivity contribution is -0.132. The summed E-state index contributed by atoms with van der Waals surface area (Å²) >= 11 is 0. The fraction of sp³-hybridized carbons (Fsp3) is 0.917. The van der Waals surface area contributed by atoms with Gasteiger partial charge in [-0.2, -0.15) is 0 Å². The van der Waals surface area contributed by atoms with E-state index in [0.717, 1.165) is 32.5 Å². The third kappa shape index (κ3) is 2.38. The Hall–Kier alpha value is -0.610. The van der Waals surface area contributed by atoms with Crippen LogP contribution in [-0.4, -0.2) is 49.7 Å². The van der Waals surface area contributed by atoms with E-state index in [1.807, 2.05) is 4.90 Å². The zero-order valence-electron chi connectivity index (χ0n) is 10.5. The van der Waals surface area contributed by atoms with Gasteiger partial charge in [-0.1, -0.05) is 13.8 Å². The zero-order valence-corrected chi connectivity index (χ0v) is 10.5. The number of methoxy groups -OCH3 is 1. The third-order valence-corrected chi connectivity index (χ3v) is 3.71. The van der Waals surface area contributed by atoms with Crippen molar-refractivity contribution in [3.8, 4) is 0 Å². The van der Waals surface area contributed by atoms with E-state index < -0.39 is 0 Å². The van der Waals surface area contributed by atoms with Crippen LogP contribution in [0.4, 0.5) is 0 Å². The SMILES string of the molecule is COC1CNC(C(=O)N2CCC(C)(C)C2)C1. The van der Waals surface area contributed by atoms with Gasteiger partial charge in [0.15, 0.2) is 0 Å². The van der Waals surface area contributed by atoms with Gasteiger partial charge in [-0.25, -0.2) is 0 Å². The van der Waals surface area contributed by atoms with E-state index >= 15 is 0 Å². The minimum absolute atomic E-state index is 0.0288. The van der Waals surface area contributed by atoms with Crippen molar-refractivity contribution in [3.05, 3.63) is 0 Å². The van der Waals surface area contributed by atoms with Gasteiger partial charge in [-0.15, -0.1) is 0 Å². The van der Waals surface area contributed by atoms with Crippen molar-refractivity contribution in [3.63, 3.8) is 0 Å². The molecule has 2 aliphatic rings. The highest BCUT2D eigenvalue weighted by Gasteiger charge is 2.37. The van der Waals surface area contributed by atoms with Crippen LogP contribution < -0.4 is 5.32 Å². The molecule has 2 unspecified atom stereocenters. The standard InChI is InChI=1S/C12H22N2O2/c1-12(2)4-5-14(8-12)11(15)10-6-9(16-3)7-13-10/h9-10,13H,4-8H2,1-3H3. The van der Waals surface area contributed by atoms with Crippen molar-refractivity contribution in [1.29, 1.82) is 0 Å². The topological polar surface area (TPSA) is 41.6 Å². The van der Waals surface area contributed by atoms with Gasteiger partial charge in [0.25, 0.3) is 0 Å². The highest BCUT2D eigenvalue weighted by Crippen LogP contribution is 2.29. The molecule has 2 saturated heterocycles. The molecule has 2 rings (SSSR count). The van der Waals surface area contributed by atoms with Crippen molar-refractivity contribution in [2.24, 2.45) is 5.41 Å². The Morgan fingerprint density at radius 2 is 2.25 bits per heavy atom. The molecule has 2 heterocycles. The van der Waals surface area contributed by atoms with Gasteiger partial charge in [0, 0.05) is 26.7 Å². The Kier molecular flexibility index (Phi) is 3.22. The first-order valence-electron chi connectivity index (χ1n) is 6.07. The van der Waals surface area contributed by atoms with E-state index in [9.17, 15) is 4.79 Å². The summed E-state index contributed by atoms with van der Waals surface area (Å²) in [4.78, 5) is 14.2. The first-order chi connectivity index (χ1) is 7.52. The van der Waals surface area contributed by atoms with E-state index in [1.54, 1.807) is 7.11 Å². The summed E-state index contributed by atoms with van der Waals surface area (Å²) in [6, 6.07) is -0.0288. The summed E-state index contributed by atoms with van der Waals surface area (Å²) in [7, 11) is 1.71. The number of carbonyl (C=O) groups excluding carboxylic acids is 1. The van der Waals surface area contributed by atoms with Crippen LogP contribution in [0.3, 0.4) is 0 Å². The molecule has 2 fully saturated rings. The monoisotopic (exact) mass is 226 g/mol. The van der Waals surface area contributed by atoms with Gasteiger partial charge >= 0.3 is 0 Å². The van der Waals surface area contributed by atoms with Gasteiger partial charge < -0.3 is 15.0 Å².